The molecule has 35 heavy (non-hydrogen) atoms. The zero-order valence-electron chi connectivity index (χ0n) is 21.4. The first-order chi connectivity index (χ1) is 16.5. The fourth-order valence-corrected chi connectivity index (χ4v) is 4.97. The Hall–Kier alpha value is -2.90. The predicted octanol–water partition coefficient (Wildman–Crippen LogP) is 3.76. The Kier molecular flexibility index (Phi) is 8.56. The number of carbonyl (C=O) groups excluding carboxylic acids is 1. The van der Waals surface area contributed by atoms with E-state index in [4.69, 9.17) is 0 Å². The van der Waals surface area contributed by atoms with Gasteiger partial charge < -0.3 is 15.1 Å². The van der Waals surface area contributed by atoms with Crippen LogP contribution in [-0.2, 0) is 17.6 Å². The van der Waals surface area contributed by atoms with Crippen molar-refractivity contribution in [3.63, 3.8) is 0 Å². The highest BCUT2D eigenvalue weighted by atomic mass is 16.4. The molecule has 1 heterocycles. The van der Waals surface area contributed by atoms with Gasteiger partial charge in [0.25, 0.3) is 0 Å². The summed E-state index contributed by atoms with van der Waals surface area (Å²) in [5.41, 5.74) is 1.27. The lowest BCUT2D eigenvalue weighted by Crippen LogP contribution is -2.61. The molecule has 1 saturated heterocycles. The molecule has 4 atom stereocenters. The van der Waals surface area contributed by atoms with Crippen molar-refractivity contribution in [2.24, 2.45) is 5.92 Å². The van der Waals surface area contributed by atoms with E-state index in [0.29, 0.717) is 19.4 Å². The van der Waals surface area contributed by atoms with Crippen molar-refractivity contribution >= 4 is 12.0 Å². The highest BCUT2D eigenvalue weighted by molar-refractivity contribution is 5.85. The molecule has 0 aliphatic carbocycles. The zero-order chi connectivity index (χ0) is 25.8. The minimum atomic E-state index is -1.22. The van der Waals surface area contributed by atoms with Gasteiger partial charge in [-0.3, -0.25) is 15.0 Å². The minimum absolute atomic E-state index is 0.123. The van der Waals surface area contributed by atoms with Gasteiger partial charge >= 0.3 is 6.09 Å². The lowest BCUT2D eigenvalue weighted by molar-refractivity contribution is -0.133. The predicted molar refractivity (Wildman–Crippen MR) is 137 cm³/mol. The Labute approximate surface area is 208 Å². The molecule has 190 valence electrons. The molecule has 1 aliphatic rings. The van der Waals surface area contributed by atoms with Crippen LogP contribution in [0, 0.1) is 5.92 Å². The number of benzene rings is 2. The molecule has 1 fully saturated rings. The number of rotatable bonds is 9. The number of nitrogens with zero attached hydrogens (tertiary/aromatic N) is 2. The normalized spacial score (nSPS) is 20.2. The van der Waals surface area contributed by atoms with Crippen molar-refractivity contribution in [1.82, 2.24) is 15.1 Å². The van der Waals surface area contributed by atoms with Gasteiger partial charge in [0.05, 0.1) is 18.3 Å². The molecule has 7 nitrogen and oxygen atoms in total. The third kappa shape index (κ3) is 6.41. The van der Waals surface area contributed by atoms with Gasteiger partial charge in [0, 0.05) is 12.1 Å². The summed E-state index contributed by atoms with van der Waals surface area (Å²) in [4.78, 5) is 29.1. The summed E-state index contributed by atoms with van der Waals surface area (Å²) in [5.74, 6) is -0.0675. The number of aliphatic hydroxyl groups is 1. The molecule has 0 radical (unpaired) electrons. The van der Waals surface area contributed by atoms with E-state index in [1.807, 2.05) is 74.5 Å². The lowest BCUT2D eigenvalue weighted by Gasteiger charge is -2.42. The molecule has 0 saturated carbocycles. The van der Waals surface area contributed by atoms with Crippen molar-refractivity contribution in [2.75, 3.05) is 6.54 Å². The molecule has 0 spiro atoms. The van der Waals surface area contributed by atoms with Crippen LogP contribution in [0.5, 0.6) is 0 Å². The summed E-state index contributed by atoms with van der Waals surface area (Å²) in [5, 5.41) is 25.1. The van der Waals surface area contributed by atoms with E-state index in [-0.39, 0.29) is 18.0 Å². The van der Waals surface area contributed by atoms with E-state index in [1.165, 1.54) is 4.90 Å². The summed E-state index contributed by atoms with van der Waals surface area (Å²) in [6, 6.07) is 17.8. The maximum Gasteiger partial charge on any atom is 0.408 e. The molecular formula is C28H39N3O4. The highest BCUT2D eigenvalue weighted by Gasteiger charge is 2.48. The smallest absolute Gasteiger partial charge is 0.408 e. The quantitative estimate of drug-likeness (QED) is 0.507. The number of aliphatic hydroxyl groups excluding tert-OH is 1. The monoisotopic (exact) mass is 481 g/mol. The minimum Gasteiger partial charge on any atom is -0.465 e. The van der Waals surface area contributed by atoms with Crippen LogP contribution < -0.4 is 5.32 Å². The number of nitrogens with one attached hydrogen (secondary N) is 1. The Bertz CT molecular complexity index is 975. The SMILES string of the molecule is CC(C)C1N[C@@H]([C@@H](O)[C@H](Cc2ccccc2)N(C(=O)O)C(C)(C)C)C(=O)N1CCc1ccccc1. The fraction of sp³-hybridized carbons (Fsp3) is 0.500. The van der Waals surface area contributed by atoms with E-state index in [9.17, 15) is 19.8 Å². The molecule has 1 aliphatic heterocycles. The summed E-state index contributed by atoms with van der Waals surface area (Å²) in [6.07, 6.45) is -1.58. The van der Waals surface area contributed by atoms with E-state index in [2.05, 4.69) is 5.32 Å². The van der Waals surface area contributed by atoms with Gasteiger partial charge in [0.1, 0.15) is 6.04 Å². The number of hydrogen-bond donors (Lipinski definition) is 3. The molecule has 2 aromatic carbocycles. The van der Waals surface area contributed by atoms with Gasteiger partial charge in [-0.05, 0) is 50.7 Å². The average molecular weight is 482 g/mol. The van der Waals surface area contributed by atoms with Crippen molar-refractivity contribution in [2.45, 2.75) is 77.4 Å². The van der Waals surface area contributed by atoms with Crippen LogP contribution in [0.1, 0.15) is 45.7 Å². The molecular weight excluding hydrogens is 442 g/mol. The third-order valence-electron chi connectivity index (χ3n) is 6.63. The van der Waals surface area contributed by atoms with E-state index in [0.717, 1.165) is 11.1 Å². The zero-order valence-corrected chi connectivity index (χ0v) is 21.4. The molecule has 3 N–H and O–H groups in total. The second-order valence-electron chi connectivity index (χ2n) is 10.7. The first kappa shape index (κ1) is 26.7. The largest absolute Gasteiger partial charge is 0.465 e. The Morgan fingerprint density at radius 1 is 1.03 bits per heavy atom. The second-order valence-corrected chi connectivity index (χ2v) is 10.7. The second kappa shape index (κ2) is 11.2. The van der Waals surface area contributed by atoms with Crippen molar-refractivity contribution < 1.29 is 19.8 Å². The summed E-state index contributed by atoms with van der Waals surface area (Å²) in [6.45, 7) is 10.0. The molecule has 0 bridgehead atoms. The van der Waals surface area contributed by atoms with Crippen LogP contribution in [0.15, 0.2) is 60.7 Å². The van der Waals surface area contributed by atoms with Crippen LogP contribution in [0.25, 0.3) is 0 Å². The maximum atomic E-state index is 13.6. The van der Waals surface area contributed by atoms with Crippen molar-refractivity contribution in [3.8, 4) is 0 Å². The first-order valence-electron chi connectivity index (χ1n) is 12.4. The van der Waals surface area contributed by atoms with Crippen LogP contribution >= 0.6 is 0 Å². The molecule has 3 rings (SSSR count). The van der Waals surface area contributed by atoms with Crippen LogP contribution in [0.4, 0.5) is 4.79 Å². The van der Waals surface area contributed by atoms with Gasteiger partial charge in [-0.25, -0.2) is 4.79 Å². The number of carboxylic acid groups (broad SMARTS) is 1. The van der Waals surface area contributed by atoms with E-state index < -0.39 is 29.8 Å². The topological polar surface area (TPSA) is 93.1 Å². The average Bonchev–Trinajstić information content (AvgIpc) is 3.13. The van der Waals surface area contributed by atoms with Gasteiger partial charge in [0.2, 0.25) is 5.91 Å². The Morgan fingerprint density at radius 2 is 1.57 bits per heavy atom. The van der Waals surface area contributed by atoms with Gasteiger partial charge in [-0.1, -0.05) is 74.5 Å². The van der Waals surface area contributed by atoms with Gasteiger partial charge in [-0.2, -0.15) is 0 Å². The standard InChI is InChI=1S/C28H39N3O4/c1-19(2)25-29-23(26(33)30(25)17-16-20-12-8-6-9-13-20)24(32)22(18-21-14-10-7-11-15-21)31(27(34)35)28(3,4)5/h6-15,19,22-25,29,32H,16-18H2,1-5H3,(H,34,35)/t22-,23-,24-,25?/m0/s1. The molecule has 2 amide bonds. The molecule has 2 aromatic rings. The Balaban J connectivity index is 1.89. The Morgan fingerprint density at radius 3 is 2.06 bits per heavy atom. The van der Waals surface area contributed by atoms with Crippen LogP contribution in [-0.4, -0.2) is 68.5 Å². The van der Waals surface area contributed by atoms with E-state index in [1.54, 1.807) is 25.7 Å². The summed E-state index contributed by atoms with van der Waals surface area (Å²) >= 11 is 0. The number of carbonyl (C=O) groups is 2. The molecule has 7 heteroatoms. The fourth-order valence-electron chi connectivity index (χ4n) is 4.97. The van der Waals surface area contributed by atoms with E-state index >= 15 is 0 Å². The van der Waals surface area contributed by atoms with Crippen molar-refractivity contribution in [1.29, 1.82) is 0 Å². The lowest BCUT2D eigenvalue weighted by atomic mass is 9.91. The number of amides is 2. The van der Waals surface area contributed by atoms with Gasteiger partial charge in [0.15, 0.2) is 0 Å². The molecule has 0 aromatic heterocycles. The number of hydrogen-bond acceptors (Lipinski definition) is 4. The van der Waals surface area contributed by atoms with Crippen LogP contribution in [0.3, 0.4) is 0 Å². The summed E-state index contributed by atoms with van der Waals surface area (Å²) in [7, 11) is 0. The maximum absolute atomic E-state index is 13.6. The van der Waals surface area contributed by atoms with Gasteiger partial charge in [-0.15, -0.1) is 0 Å². The van der Waals surface area contributed by atoms with Crippen LogP contribution in [0.2, 0.25) is 0 Å². The summed E-state index contributed by atoms with van der Waals surface area (Å²) < 4.78 is 0. The first-order valence-corrected chi connectivity index (χ1v) is 12.4. The third-order valence-corrected chi connectivity index (χ3v) is 6.63. The highest BCUT2D eigenvalue weighted by Crippen LogP contribution is 2.28. The van der Waals surface area contributed by atoms with Crippen molar-refractivity contribution in [3.05, 3.63) is 71.8 Å². The molecule has 1 unspecified atom stereocenters.